The van der Waals surface area contributed by atoms with Gasteiger partial charge in [-0.1, -0.05) is 39.5 Å². The van der Waals surface area contributed by atoms with Crippen LogP contribution in [0, 0.1) is 6.20 Å². The minimum atomic E-state index is -1.77. The van der Waals surface area contributed by atoms with Crippen LogP contribution in [0.25, 0.3) is 0 Å². The van der Waals surface area contributed by atoms with Crippen molar-refractivity contribution in [3.63, 3.8) is 0 Å². The van der Waals surface area contributed by atoms with Crippen LogP contribution in [0.2, 0.25) is 18.1 Å². The summed E-state index contributed by atoms with van der Waals surface area (Å²) in [6, 6.07) is 0. The molecule has 0 bridgehead atoms. The van der Waals surface area contributed by atoms with Gasteiger partial charge in [0.1, 0.15) is 12.3 Å². The van der Waals surface area contributed by atoms with E-state index in [0.717, 1.165) is 0 Å². The molecular weight excluding hydrogens is 307 g/mol. The molecule has 0 radical (unpaired) electrons. The molecule has 0 amide bonds. The SMILES string of the molecule is CCc1[c-]n(COCCO[Si](C)(C)C(C)(C)C)c(=O)[nH]c1=O.[Li+]. The normalized spacial score (nSPS) is 12.1. The average molecular weight is 334 g/mol. The van der Waals surface area contributed by atoms with Crippen molar-refractivity contribution in [3.05, 3.63) is 32.6 Å². The van der Waals surface area contributed by atoms with E-state index in [1.807, 2.05) is 6.92 Å². The fourth-order valence-electron chi connectivity index (χ4n) is 1.56. The summed E-state index contributed by atoms with van der Waals surface area (Å²) in [5, 5.41) is 0.159. The van der Waals surface area contributed by atoms with Gasteiger partial charge in [-0.3, -0.25) is 0 Å². The molecule has 0 aliphatic heterocycles. The van der Waals surface area contributed by atoms with Crippen molar-refractivity contribution in [2.24, 2.45) is 0 Å². The van der Waals surface area contributed by atoms with Crippen LogP contribution in [0.15, 0.2) is 9.59 Å². The van der Waals surface area contributed by atoms with Crippen molar-refractivity contribution < 1.29 is 28.0 Å². The van der Waals surface area contributed by atoms with Crippen LogP contribution >= 0.6 is 0 Å². The first-order chi connectivity index (χ1) is 10.1. The molecule has 0 spiro atoms. The Balaban J connectivity index is 0.00000484. The van der Waals surface area contributed by atoms with Crippen molar-refractivity contribution in [1.82, 2.24) is 9.55 Å². The predicted molar refractivity (Wildman–Crippen MR) is 88.6 cm³/mol. The molecule has 0 atom stereocenters. The van der Waals surface area contributed by atoms with Gasteiger partial charge in [0, 0.05) is 0 Å². The van der Waals surface area contributed by atoms with E-state index >= 15 is 0 Å². The maximum absolute atomic E-state index is 11.6. The molecule has 0 aromatic carbocycles. The Hall–Kier alpha value is -0.586. The van der Waals surface area contributed by atoms with E-state index in [-0.39, 0.29) is 36.2 Å². The minimum absolute atomic E-state index is 0. The maximum Gasteiger partial charge on any atom is 1.00 e. The molecule has 0 aliphatic rings. The van der Waals surface area contributed by atoms with Gasteiger partial charge in [-0.2, -0.15) is 0 Å². The van der Waals surface area contributed by atoms with Crippen LogP contribution in [-0.4, -0.2) is 31.1 Å². The topological polar surface area (TPSA) is 73.3 Å². The van der Waals surface area contributed by atoms with E-state index in [9.17, 15) is 9.59 Å². The zero-order valence-corrected chi connectivity index (χ0v) is 16.4. The van der Waals surface area contributed by atoms with Gasteiger partial charge < -0.3 is 28.3 Å². The van der Waals surface area contributed by atoms with Crippen molar-refractivity contribution >= 4 is 8.32 Å². The van der Waals surface area contributed by atoms with Crippen LogP contribution in [-0.2, 0) is 22.3 Å². The summed E-state index contributed by atoms with van der Waals surface area (Å²) in [4.78, 5) is 25.3. The van der Waals surface area contributed by atoms with E-state index in [1.54, 1.807) is 0 Å². The third-order valence-corrected chi connectivity index (χ3v) is 8.62. The van der Waals surface area contributed by atoms with E-state index in [2.05, 4.69) is 45.0 Å². The van der Waals surface area contributed by atoms with Crippen LogP contribution in [0.5, 0.6) is 0 Å². The molecule has 0 unspecified atom stereocenters. The molecule has 0 saturated heterocycles. The first kappa shape index (κ1) is 22.4. The summed E-state index contributed by atoms with van der Waals surface area (Å²) >= 11 is 0. The molecule has 0 fully saturated rings. The third-order valence-electron chi connectivity index (χ3n) is 4.08. The second-order valence-electron chi connectivity index (χ2n) is 6.78. The fourth-order valence-corrected chi connectivity index (χ4v) is 2.59. The summed E-state index contributed by atoms with van der Waals surface area (Å²) in [5.41, 5.74) is -0.446. The van der Waals surface area contributed by atoms with E-state index in [1.165, 1.54) is 4.57 Å². The van der Waals surface area contributed by atoms with Gasteiger partial charge in [-0.25, -0.2) is 0 Å². The van der Waals surface area contributed by atoms with E-state index in [4.69, 9.17) is 9.16 Å². The molecule has 1 rings (SSSR count). The summed E-state index contributed by atoms with van der Waals surface area (Å²) in [6.07, 6.45) is 3.28. The molecule has 1 aromatic rings. The number of nitrogens with zero attached hydrogens (tertiary/aromatic N) is 1. The smallest absolute Gasteiger partial charge is 0.414 e. The molecular formula is C15H27LiN2O4Si. The summed E-state index contributed by atoms with van der Waals surface area (Å²) in [5.74, 6) is 0. The second kappa shape index (κ2) is 9.04. The maximum atomic E-state index is 11.6. The zero-order chi connectivity index (χ0) is 17.0. The molecule has 0 saturated carbocycles. The van der Waals surface area contributed by atoms with Crippen LogP contribution in [0.1, 0.15) is 33.3 Å². The summed E-state index contributed by atoms with van der Waals surface area (Å²) in [7, 11) is -1.77. The third kappa shape index (κ3) is 6.44. The minimum Gasteiger partial charge on any atom is -0.414 e. The number of aromatic amines is 1. The number of H-pyrrole nitrogens is 1. The van der Waals surface area contributed by atoms with Gasteiger partial charge in [0.25, 0.3) is 0 Å². The standard InChI is InChI=1S/C15H27N2O4Si.Li/c1-7-12-10-17(14(19)16-13(12)18)11-20-8-9-21-22(5,6)15(2,3)4;/h7-9,11H2,1-6H3,(H,16,18,19);/q-1;+1. The zero-order valence-electron chi connectivity index (χ0n) is 15.4. The number of ether oxygens (including phenoxy) is 1. The first-order valence-corrected chi connectivity index (χ1v) is 10.5. The van der Waals surface area contributed by atoms with Crippen molar-refractivity contribution in [1.29, 1.82) is 0 Å². The van der Waals surface area contributed by atoms with Crippen LogP contribution in [0.3, 0.4) is 0 Å². The Morgan fingerprint density at radius 1 is 1.22 bits per heavy atom. The predicted octanol–water partition coefficient (Wildman–Crippen LogP) is -1.10. The first-order valence-electron chi connectivity index (χ1n) is 7.55. The summed E-state index contributed by atoms with van der Waals surface area (Å²) in [6.45, 7) is 13.7. The average Bonchev–Trinajstić information content (AvgIpc) is 2.39. The molecule has 8 heteroatoms. The molecule has 1 N–H and O–H groups in total. The van der Waals surface area contributed by atoms with Gasteiger partial charge in [0.15, 0.2) is 8.32 Å². The number of aryl methyl sites for hydroxylation is 1. The van der Waals surface area contributed by atoms with Crippen LogP contribution in [0.4, 0.5) is 0 Å². The Kier molecular flexibility index (Phi) is 8.81. The van der Waals surface area contributed by atoms with E-state index < -0.39 is 14.0 Å². The number of hydrogen-bond acceptors (Lipinski definition) is 4. The van der Waals surface area contributed by atoms with Gasteiger partial charge in [-0.05, 0) is 24.6 Å². The number of nitrogens with one attached hydrogen (secondary N) is 1. The molecule has 6 nitrogen and oxygen atoms in total. The number of aromatic nitrogens is 2. The van der Waals surface area contributed by atoms with Gasteiger partial charge in [-0.15, -0.1) is 0 Å². The monoisotopic (exact) mass is 334 g/mol. The Labute approximate surface area is 150 Å². The van der Waals surface area contributed by atoms with Gasteiger partial charge >= 0.3 is 18.9 Å². The quantitative estimate of drug-likeness (QED) is 0.390. The van der Waals surface area contributed by atoms with Gasteiger partial charge in [0.2, 0.25) is 5.69 Å². The van der Waals surface area contributed by atoms with Crippen LogP contribution < -0.4 is 30.1 Å². The molecule has 1 heterocycles. The molecule has 1 aromatic heterocycles. The van der Waals surface area contributed by atoms with Crippen molar-refractivity contribution in [3.8, 4) is 0 Å². The fraction of sp³-hybridized carbons (Fsp3) is 0.733. The Morgan fingerprint density at radius 3 is 2.35 bits per heavy atom. The number of hydrogen-bond donors (Lipinski definition) is 1. The van der Waals surface area contributed by atoms with Crippen molar-refractivity contribution in [2.75, 3.05) is 13.2 Å². The van der Waals surface area contributed by atoms with Gasteiger partial charge in [0.05, 0.1) is 13.2 Å². The number of rotatable bonds is 7. The van der Waals surface area contributed by atoms with Crippen molar-refractivity contribution in [2.45, 2.75) is 59.0 Å². The molecule has 23 heavy (non-hydrogen) atoms. The largest absolute Gasteiger partial charge is 1.00 e. The Morgan fingerprint density at radius 2 is 1.83 bits per heavy atom. The molecule has 0 aliphatic carbocycles. The molecule has 126 valence electrons. The summed E-state index contributed by atoms with van der Waals surface area (Å²) < 4.78 is 12.7. The van der Waals surface area contributed by atoms with E-state index in [0.29, 0.717) is 25.2 Å². The Bertz CT molecular complexity index is 605. The second-order valence-corrected chi connectivity index (χ2v) is 11.6.